The van der Waals surface area contributed by atoms with Gasteiger partial charge in [-0.2, -0.15) is 0 Å². The van der Waals surface area contributed by atoms with Crippen LogP contribution in [0.5, 0.6) is 0 Å². The van der Waals surface area contributed by atoms with Gasteiger partial charge in [0.1, 0.15) is 5.01 Å². The Hall–Kier alpha value is -0.720. The van der Waals surface area contributed by atoms with Crippen molar-refractivity contribution in [2.24, 2.45) is 11.8 Å². The van der Waals surface area contributed by atoms with Crippen LogP contribution >= 0.6 is 11.3 Å². The van der Waals surface area contributed by atoms with Gasteiger partial charge in [0.25, 0.3) is 0 Å². The minimum atomic E-state index is 0.680. The molecule has 1 heterocycles. The first-order valence-corrected chi connectivity index (χ1v) is 5.57. The third-order valence-corrected chi connectivity index (χ3v) is 3.10. The fraction of sp³-hybridized carbons (Fsp3) is 0.750. The second kappa shape index (κ2) is 4.20. The fourth-order valence-electron chi connectivity index (χ4n) is 1.41. The van der Waals surface area contributed by atoms with Crippen molar-refractivity contribution in [1.82, 2.24) is 15.1 Å². The minimum absolute atomic E-state index is 0.680. The second-order valence-electron chi connectivity index (χ2n) is 3.79. The van der Waals surface area contributed by atoms with E-state index in [1.807, 2.05) is 0 Å². The molecule has 1 fully saturated rings. The number of nitrogens with zero attached hydrogens (tertiary/aromatic N) is 3. The van der Waals surface area contributed by atoms with Gasteiger partial charge >= 0.3 is 0 Å². The molecule has 6 heteroatoms. The summed E-state index contributed by atoms with van der Waals surface area (Å²) in [7, 11) is 2.12. The lowest BCUT2D eigenvalue weighted by Crippen LogP contribution is -2.20. The standard InChI is InChI=1S/C8H15N5S/c1-13(4-6-2-3-6)5-7-11-12-8(10-9)14-7/h6H,2-5,9H2,1H3,(H,10,12). The molecule has 0 spiro atoms. The maximum Gasteiger partial charge on any atom is 0.219 e. The predicted octanol–water partition coefficient (Wildman–Crippen LogP) is 0.665. The van der Waals surface area contributed by atoms with Crippen molar-refractivity contribution in [3.63, 3.8) is 0 Å². The quantitative estimate of drug-likeness (QED) is 0.556. The third kappa shape index (κ3) is 2.63. The Balaban J connectivity index is 1.82. The molecule has 0 bridgehead atoms. The van der Waals surface area contributed by atoms with Crippen LogP contribution in [0.1, 0.15) is 17.8 Å². The lowest BCUT2D eigenvalue weighted by Gasteiger charge is -2.13. The molecule has 0 radical (unpaired) electrons. The van der Waals surface area contributed by atoms with Gasteiger partial charge in [-0.15, -0.1) is 10.2 Å². The third-order valence-electron chi connectivity index (χ3n) is 2.26. The van der Waals surface area contributed by atoms with Gasteiger partial charge in [-0.3, -0.25) is 10.3 Å². The molecule has 0 atom stereocenters. The van der Waals surface area contributed by atoms with Gasteiger partial charge in [0.2, 0.25) is 5.13 Å². The zero-order valence-electron chi connectivity index (χ0n) is 8.23. The molecule has 0 aliphatic heterocycles. The lowest BCUT2D eigenvalue weighted by atomic mass is 10.4. The summed E-state index contributed by atoms with van der Waals surface area (Å²) in [6, 6.07) is 0. The number of anilines is 1. The number of nitrogen functional groups attached to an aromatic ring is 1. The summed E-state index contributed by atoms with van der Waals surface area (Å²) in [6.45, 7) is 2.04. The molecule has 1 aliphatic carbocycles. The van der Waals surface area contributed by atoms with E-state index in [1.54, 1.807) is 0 Å². The van der Waals surface area contributed by atoms with Crippen LogP contribution < -0.4 is 11.3 Å². The van der Waals surface area contributed by atoms with Crippen molar-refractivity contribution < 1.29 is 0 Å². The molecule has 0 aromatic carbocycles. The Morgan fingerprint density at radius 3 is 2.93 bits per heavy atom. The first kappa shape index (κ1) is 9.82. The zero-order valence-corrected chi connectivity index (χ0v) is 9.05. The van der Waals surface area contributed by atoms with Crippen molar-refractivity contribution >= 4 is 16.5 Å². The van der Waals surface area contributed by atoms with Crippen LogP contribution in [0.15, 0.2) is 0 Å². The Morgan fingerprint density at radius 2 is 2.36 bits per heavy atom. The Bertz CT molecular complexity index is 296. The van der Waals surface area contributed by atoms with Crippen molar-refractivity contribution in [3.05, 3.63) is 5.01 Å². The Kier molecular flexibility index (Phi) is 2.95. The molecule has 3 N–H and O–H groups in total. The molecule has 0 saturated heterocycles. The number of hydrogen-bond acceptors (Lipinski definition) is 6. The summed E-state index contributed by atoms with van der Waals surface area (Å²) in [4.78, 5) is 2.29. The van der Waals surface area contributed by atoms with Crippen LogP contribution in [0.25, 0.3) is 0 Å². The van der Waals surface area contributed by atoms with Gasteiger partial charge in [-0.25, -0.2) is 5.84 Å². The minimum Gasteiger partial charge on any atom is -0.299 e. The SMILES string of the molecule is CN(Cc1nnc(NN)s1)CC1CC1. The normalized spacial score (nSPS) is 16.2. The maximum absolute atomic E-state index is 5.23. The monoisotopic (exact) mass is 213 g/mol. The average molecular weight is 213 g/mol. The van der Waals surface area contributed by atoms with E-state index in [0.29, 0.717) is 5.13 Å². The summed E-state index contributed by atoms with van der Waals surface area (Å²) < 4.78 is 0. The smallest absolute Gasteiger partial charge is 0.219 e. The summed E-state index contributed by atoms with van der Waals surface area (Å²) in [5.41, 5.74) is 2.50. The zero-order chi connectivity index (χ0) is 9.97. The largest absolute Gasteiger partial charge is 0.299 e. The first-order valence-electron chi connectivity index (χ1n) is 4.75. The van der Waals surface area contributed by atoms with Crippen LogP contribution in [-0.4, -0.2) is 28.7 Å². The summed E-state index contributed by atoms with van der Waals surface area (Å²) >= 11 is 1.51. The molecule has 0 unspecified atom stereocenters. The number of nitrogens with one attached hydrogen (secondary N) is 1. The summed E-state index contributed by atoms with van der Waals surface area (Å²) in [6.07, 6.45) is 2.77. The van der Waals surface area contributed by atoms with E-state index < -0.39 is 0 Å². The number of hydrazine groups is 1. The van der Waals surface area contributed by atoms with E-state index in [2.05, 4.69) is 27.6 Å². The number of nitrogens with two attached hydrogens (primary N) is 1. The highest BCUT2D eigenvalue weighted by Crippen LogP contribution is 2.29. The van der Waals surface area contributed by atoms with Crippen LogP contribution in [0.4, 0.5) is 5.13 Å². The molecular weight excluding hydrogens is 198 g/mol. The molecule has 1 aromatic heterocycles. The molecular formula is C8H15N5S. The van der Waals surface area contributed by atoms with E-state index in [1.165, 1.54) is 30.7 Å². The number of rotatable bonds is 5. The Labute approximate surface area is 87.3 Å². The predicted molar refractivity (Wildman–Crippen MR) is 56.8 cm³/mol. The van der Waals surface area contributed by atoms with Gasteiger partial charge in [0, 0.05) is 6.54 Å². The van der Waals surface area contributed by atoms with Gasteiger partial charge in [0.05, 0.1) is 6.54 Å². The van der Waals surface area contributed by atoms with Crippen molar-refractivity contribution in [2.75, 3.05) is 19.0 Å². The summed E-state index contributed by atoms with van der Waals surface area (Å²) in [5, 5.41) is 9.62. The van der Waals surface area contributed by atoms with E-state index >= 15 is 0 Å². The molecule has 5 nitrogen and oxygen atoms in total. The average Bonchev–Trinajstić information content (AvgIpc) is 2.83. The first-order chi connectivity index (χ1) is 6.78. The maximum atomic E-state index is 5.23. The van der Waals surface area contributed by atoms with Crippen molar-refractivity contribution in [3.8, 4) is 0 Å². The van der Waals surface area contributed by atoms with Crippen LogP contribution in [0.2, 0.25) is 0 Å². The van der Waals surface area contributed by atoms with Gasteiger partial charge in [0.15, 0.2) is 0 Å². The highest BCUT2D eigenvalue weighted by atomic mass is 32.1. The van der Waals surface area contributed by atoms with Gasteiger partial charge in [-0.05, 0) is 25.8 Å². The van der Waals surface area contributed by atoms with Crippen molar-refractivity contribution in [2.45, 2.75) is 19.4 Å². The van der Waals surface area contributed by atoms with E-state index in [0.717, 1.165) is 17.5 Å². The molecule has 0 amide bonds. The highest BCUT2D eigenvalue weighted by Gasteiger charge is 2.23. The molecule has 2 rings (SSSR count). The topological polar surface area (TPSA) is 67.1 Å². The summed E-state index contributed by atoms with van der Waals surface area (Å²) in [5.74, 6) is 6.15. The van der Waals surface area contributed by atoms with E-state index in [4.69, 9.17) is 5.84 Å². The second-order valence-corrected chi connectivity index (χ2v) is 4.85. The van der Waals surface area contributed by atoms with Crippen molar-refractivity contribution in [1.29, 1.82) is 0 Å². The van der Waals surface area contributed by atoms with Gasteiger partial charge < -0.3 is 0 Å². The Morgan fingerprint density at radius 1 is 1.57 bits per heavy atom. The highest BCUT2D eigenvalue weighted by molar-refractivity contribution is 7.15. The molecule has 1 saturated carbocycles. The fourth-order valence-corrected chi connectivity index (χ4v) is 2.14. The molecule has 14 heavy (non-hydrogen) atoms. The molecule has 78 valence electrons. The van der Waals surface area contributed by atoms with E-state index in [-0.39, 0.29) is 0 Å². The van der Waals surface area contributed by atoms with E-state index in [9.17, 15) is 0 Å². The van der Waals surface area contributed by atoms with Gasteiger partial charge in [-0.1, -0.05) is 11.3 Å². The molecule has 1 aliphatic rings. The van der Waals surface area contributed by atoms with Crippen LogP contribution in [-0.2, 0) is 6.54 Å². The van der Waals surface area contributed by atoms with Crippen LogP contribution in [0.3, 0.4) is 0 Å². The lowest BCUT2D eigenvalue weighted by molar-refractivity contribution is 0.312. The number of hydrogen-bond donors (Lipinski definition) is 2. The number of aromatic nitrogens is 2. The molecule has 1 aromatic rings. The van der Waals surface area contributed by atoms with Crippen LogP contribution in [0, 0.1) is 5.92 Å².